The fourth-order valence-corrected chi connectivity index (χ4v) is 1.70. The summed E-state index contributed by atoms with van der Waals surface area (Å²) in [5.41, 5.74) is 0.256. The van der Waals surface area contributed by atoms with Crippen LogP contribution in [0, 0.1) is 5.82 Å². The summed E-state index contributed by atoms with van der Waals surface area (Å²) in [5, 5.41) is 0. The zero-order valence-electron chi connectivity index (χ0n) is 8.82. The predicted octanol–water partition coefficient (Wildman–Crippen LogP) is 2.20. The Morgan fingerprint density at radius 2 is 2.12 bits per heavy atom. The second kappa shape index (κ2) is 5.07. The second-order valence-electron chi connectivity index (χ2n) is 3.71. The van der Waals surface area contributed by atoms with Gasteiger partial charge >= 0.3 is 0 Å². The van der Waals surface area contributed by atoms with Crippen LogP contribution in [0.3, 0.4) is 0 Å². The maximum Gasteiger partial charge on any atom is 0.165 e. The summed E-state index contributed by atoms with van der Waals surface area (Å²) < 4.78 is 24.2. The van der Waals surface area contributed by atoms with Crippen molar-refractivity contribution in [3.63, 3.8) is 0 Å². The highest BCUT2D eigenvalue weighted by atomic mass is 19.1. The molecule has 0 unspecified atom stereocenters. The lowest BCUT2D eigenvalue weighted by Crippen LogP contribution is -2.26. The average molecular weight is 224 g/mol. The molecule has 86 valence electrons. The SMILES string of the molecule is O=Cc1cccc(F)c1OC1CCOCC1. The summed E-state index contributed by atoms with van der Waals surface area (Å²) in [6, 6.07) is 4.34. The summed E-state index contributed by atoms with van der Waals surface area (Å²) in [6.45, 7) is 1.24. The highest BCUT2D eigenvalue weighted by Gasteiger charge is 2.18. The van der Waals surface area contributed by atoms with Gasteiger partial charge in [-0.2, -0.15) is 0 Å². The molecule has 0 saturated carbocycles. The molecule has 0 aliphatic carbocycles. The van der Waals surface area contributed by atoms with Gasteiger partial charge in [0.2, 0.25) is 0 Å². The summed E-state index contributed by atoms with van der Waals surface area (Å²) in [5.74, 6) is -0.430. The van der Waals surface area contributed by atoms with E-state index in [1.165, 1.54) is 12.1 Å². The van der Waals surface area contributed by atoms with Crippen molar-refractivity contribution in [1.82, 2.24) is 0 Å². The van der Waals surface area contributed by atoms with Gasteiger partial charge < -0.3 is 9.47 Å². The summed E-state index contributed by atoms with van der Waals surface area (Å²) >= 11 is 0. The molecular formula is C12H13FO3. The predicted molar refractivity (Wildman–Crippen MR) is 56.3 cm³/mol. The van der Waals surface area contributed by atoms with Gasteiger partial charge in [-0.05, 0) is 12.1 Å². The van der Waals surface area contributed by atoms with Crippen molar-refractivity contribution in [3.8, 4) is 5.75 Å². The van der Waals surface area contributed by atoms with E-state index in [1.807, 2.05) is 0 Å². The van der Waals surface area contributed by atoms with Gasteiger partial charge in [0.1, 0.15) is 6.10 Å². The van der Waals surface area contributed by atoms with Gasteiger partial charge in [0.25, 0.3) is 0 Å². The lowest BCUT2D eigenvalue weighted by Gasteiger charge is -2.24. The molecule has 0 bridgehead atoms. The molecule has 16 heavy (non-hydrogen) atoms. The van der Waals surface area contributed by atoms with Crippen LogP contribution in [0.1, 0.15) is 23.2 Å². The molecule has 0 spiro atoms. The molecule has 2 rings (SSSR count). The molecule has 1 heterocycles. The van der Waals surface area contributed by atoms with E-state index in [0.29, 0.717) is 19.5 Å². The van der Waals surface area contributed by atoms with Gasteiger partial charge in [-0.3, -0.25) is 4.79 Å². The van der Waals surface area contributed by atoms with Crippen LogP contribution in [0.15, 0.2) is 18.2 Å². The number of rotatable bonds is 3. The minimum Gasteiger partial charge on any atom is -0.486 e. The van der Waals surface area contributed by atoms with E-state index in [-0.39, 0.29) is 17.4 Å². The summed E-state index contributed by atoms with van der Waals surface area (Å²) in [7, 11) is 0. The maximum atomic E-state index is 13.5. The molecule has 0 atom stereocenters. The first-order valence-corrected chi connectivity index (χ1v) is 5.29. The van der Waals surface area contributed by atoms with Crippen LogP contribution in [0.2, 0.25) is 0 Å². The summed E-state index contributed by atoms with van der Waals surface area (Å²) in [6.07, 6.45) is 2.00. The number of carbonyl (C=O) groups excluding carboxylic acids is 1. The van der Waals surface area contributed by atoms with E-state index in [4.69, 9.17) is 9.47 Å². The van der Waals surface area contributed by atoms with Crippen LogP contribution in [-0.4, -0.2) is 25.6 Å². The fourth-order valence-electron chi connectivity index (χ4n) is 1.70. The van der Waals surface area contributed by atoms with Crippen LogP contribution in [-0.2, 0) is 4.74 Å². The Bertz CT molecular complexity index is 373. The molecule has 0 N–H and O–H groups in total. The number of aldehydes is 1. The number of ether oxygens (including phenoxy) is 2. The Morgan fingerprint density at radius 1 is 1.38 bits per heavy atom. The Morgan fingerprint density at radius 3 is 2.81 bits per heavy atom. The van der Waals surface area contributed by atoms with Crippen LogP contribution in [0.4, 0.5) is 4.39 Å². The van der Waals surface area contributed by atoms with Crippen molar-refractivity contribution in [3.05, 3.63) is 29.6 Å². The highest BCUT2D eigenvalue weighted by Crippen LogP contribution is 2.24. The van der Waals surface area contributed by atoms with Gasteiger partial charge in [0.05, 0.1) is 18.8 Å². The van der Waals surface area contributed by atoms with Crippen LogP contribution in [0.5, 0.6) is 5.75 Å². The molecule has 0 amide bonds. The number of hydrogen-bond acceptors (Lipinski definition) is 3. The molecule has 0 aromatic heterocycles. The molecule has 1 fully saturated rings. The Kier molecular flexibility index (Phi) is 3.51. The zero-order valence-corrected chi connectivity index (χ0v) is 8.82. The third kappa shape index (κ3) is 2.39. The van der Waals surface area contributed by atoms with Crippen molar-refractivity contribution >= 4 is 6.29 Å². The quantitative estimate of drug-likeness (QED) is 0.738. The largest absolute Gasteiger partial charge is 0.486 e. The van der Waals surface area contributed by atoms with E-state index < -0.39 is 5.82 Å². The van der Waals surface area contributed by atoms with Gasteiger partial charge in [-0.15, -0.1) is 0 Å². The standard InChI is InChI=1S/C12H13FO3/c13-11-3-1-2-9(8-14)12(11)16-10-4-6-15-7-5-10/h1-3,8,10H,4-7H2. The highest BCUT2D eigenvalue weighted by molar-refractivity contribution is 5.79. The first-order chi connectivity index (χ1) is 7.81. The van der Waals surface area contributed by atoms with E-state index >= 15 is 0 Å². The topological polar surface area (TPSA) is 35.5 Å². The average Bonchev–Trinajstić information content (AvgIpc) is 2.33. The Balaban J connectivity index is 2.15. The minimum atomic E-state index is -0.490. The molecular weight excluding hydrogens is 211 g/mol. The molecule has 1 aliphatic heterocycles. The summed E-state index contributed by atoms with van der Waals surface area (Å²) in [4.78, 5) is 10.7. The second-order valence-corrected chi connectivity index (χ2v) is 3.71. The molecule has 0 radical (unpaired) electrons. The van der Waals surface area contributed by atoms with Crippen molar-refractivity contribution < 1.29 is 18.7 Å². The van der Waals surface area contributed by atoms with Crippen molar-refractivity contribution in [2.75, 3.05) is 13.2 Å². The molecule has 3 nitrogen and oxygen atoms in total. The molecule has 1 aromatic rings. The minimum absolute atomic E-state index is 0.0596. The Hall–Kier alpha value is -1.42. The zero-order chi connectivity index (χ0) is 11.4. The first-order valence-electron chi connectivity index (χ1n) is 5.29. The number of carbonyl (C=O) groups is 1. The first kappa shape index (κ1) is 11.1. The van der Waals surface area contributed by atoms with E-state index in [1.54, 1.807) is 6.07 Å². The van der Waals surface area contributed by atoms with Gasteiger partial charge in [-0.1, -0.05) is 6.07 Å². The third-order valence-electron chi connectivity index (χ3n) is 2.58. The lowest BCUT2D eigenvalue weighted by atomic mass is 10.1. The van der Waals surface area contributed by atoms with Gasteiger partial charge in [0.15, 0.2) is 17.9 Å². The van der Waals surface area contributed by atoms with Crippen molar-refractivity contribution in [1.29, 1.82) is 0 Å². The van der Waals surface area contributed by atoms with E-state index in [9.17, 15) is 9.18 Å². The Labute approximate surface area is 93.2 Å². The fraction of sp³-hybridized carbons (Fsp3) is 0.417. The number of halogens is 1. The molecule has 4 heteroatoms. The van der Waals surface area contributed by atoms with E-state index in [0.717, 1.165) is 12.8 Å². The number of hydrogen-bond donors (Lipinski definition) is 0. The number of benzene rings is 1. The monoisotopic (exact) mass is 224 g/mol. The van der Waals surface area contributed by atoms with Crippen molar-refractivity contribution in [2.45, 2.75) is 18.9 Å². The maximum absolute atomic E-state index is 13.5. The molecule has 1 aromatic carbocycles. The normalized spacial score (nSPS) is 17.1. The lowest BCUT2D eigenvalue weighted by molar-refractivity contribution is 0.0238. The molecule has 1 aliphatic rings. The van der Waals surface area contributed by atoms with Crippen LogP contribution >= 0.6 is 0 Å². The number of para-hydroxylation sites is 1. The molecule has 1 saturated heterocycles. The van der Waals surface area contributed by atoms with Gasteiger partial charge in [0, 0.05) is 12.8 Å². The smallest absolute Gasteiger partial charge is 0.165 e. The van der Waals surface area contributed by atoms with Crippen LogP contribution in [0.25, 0.3) is 0 Å². The van der Waals surface area contributed by atoms with Crippen LogP contribution < -0.4 is 4.74 Å². The van der Waals surface area contributed by atoms with Crippen molar-refractivity contribution in [2.24, 2.45) is 0 Å². The third-order valence-corrected chi connectivity index (χ3v) is 2.58. The van der Waals surface area contributed by atoms with Gasteiger partial charge in [-0.25, -0.2) is 4.39 Å². The van der Waals surface area contributed by atoms with E-state index in [2.05, 4.69) is 0 Å².